The topological polar surface area (TPSA) is 67.7 Å². The lowest BCUT2D eigenvalue weighted by molar-refractivity contribution is -0.132. The van der Waals surface area contributed by atoms with E-state index in [9.17, 15) is 9.59 Å². The van der Waals surface area contributed by atoms with Gasteiger partial charge in [-0.3, -0.25) is 14.3 Å². The number of hydrogen-bond acceptors (Lipinski definition) is 4. The summed E-state index contributed by atoms with van der Waals surface area (Å²) in [6, 6.07) is 11.7. The molecule has 1 aliphatic heterocycles. The normalized spacial score (nSPS) is 17.7. The fourth-order valence-corrected chi connectivity index (χ4v) is 3.62. The molecule has 1 fully saturated rings. The van der Waals surface area contributed by atoms with Crippen LogP contribution in [0.2, 0.25) is 0 Å². The molecule has 0 unspecified atom stereocenters. The number of hydrogen-bond donors (Lipinski definition) is 0. The van der Waals surface area contributed by atoms with Gasteiger partial charge in [0.2, 0.25) is 5.91 Å². The van der Waals surface area contributed by atoms with Gasteiger partial charge in [0.15, 0.2) is 0 Å². The average Bonchev–Trinajstić information content (AvgIpc) is 2.93. The molecule has 1 saturated heterocycles. The first-order chi connectivity index (χ1) is 13.8. The fraction of sp³-hybridized carbons (Fsp3) is 0.500. The minimum atomic E-state index is -0.251. The maximum absolute atomic E-state index is 13.1. The molecule has 1 aliphatic rings. The summed E-state index contributed by atoms with van der Waals surface area (Å²) in [6.45, 7) is 8.02. The second kappa shape index (κ2) is 9.22. The molecule has 0 bridgehead atoms. The fourth-order valence-electron chi connectivity index (χ4n) is 3.62. The molecule has 1 aromatic heterocycles. The monoisotopic (exact) mass is 398 g/mol. The third kappa shape index (κ3) is 5.44. The predicted octanol–water partition coefficient (Wildman–Crippen LogP) is 2.25. The number of ether oxygens (including phenoxy) is 1. The molecule has 1 atom stereocenters. The Morgan fingerprint density at radius 1 is 1.24 bits per heavy atom. The van der Waals surface area contributed by atoms with Crippen LogP contribution in [0.3, 0.4) is 0 Å². The van der Waals surface area contributed by atoms with Crippen LogP contribution in [0.25, 0.3) is 0 Å². The van der Waals surface area contributed by atoms with Crippen molar-refractivity contribution < 1.29 is 14.3 Å². The predicted molar refractivity (Wildman–Crippen MR) is 110 cm³/mol. The van der Waals surface area contributed by atoms with E-state index in [0.717, 1.165) is 11.3 Å². The van der Waals surface area contributed by atoms with Crippen molar-refractivity contribution in [2.24, 2.45) is 13.0 Å². The van der Waals surface area contributed by atoms with Crippen LogP contribution in [0, 0.1) is 12.8 Å². The number of benzene rings is 1. The van der Waals surface area contributed by atoms with E-state index in [1.807, 2.05) is 42.2 Å². The first-order valence-corrected chi connectivity index (χ1v) is 10.1. The maximum Gasteiger partial charge on any atom is 0.272 e. The van der Waals surface area contributed by atoms with Crippen molar-refractivity contribution >= 4 is 11.8 Å². The van der Waals surface area contributed by atoms with Gasteiger partial charge in [-0.15, -0.1) is 0 Å². The van der Waals surface area contributed by atoms with Gasteiger partial charge in [0.05, 0.1) is 18.4 Å². The van der Waals surface area contributed by atoms with E-state index in [2.05, 4.69) is 18.9 Å². The van der Waals surface area contributed by atoms with E-state index in [4.69, 9.17) is 4.74 Å². The van der Waals surface area contributed by atoms with Crippen LogP contribution in [0.5, 0.6) is 0 Å². The lowest BCUT2D eigenvalue weighted by Gasteiger charge is -2.26. The summed E-state index contributed by atoms with van der Waals surface area (Å²) in [5, 5.41) is 4.26. The summed E-state index contributed by atoms with van der Waals surface area (Å²) >= 11 is 0. The van der Waals surface area contributed by atoms with Gasteiger partial charge in [0, 0.05) is 26.7 Å². The third-order valence-corrected chi connectivity index (χ3v) is 4.95. The Bertz CT molecular complexity index is 847. The molecule has 2 amide bonds. The van der Waals surface area contributed by atoms with Crippen molar-refractivity contribution in [3.05, 3.63) is 53.3 Å². The van der Waals surface area contributed by atoms with Crippen LogP contribution in [-0.2, 0) is 23.2 Å². The molecular formula is C22H30N4O3. The molecule has 0 N–H and O–H groups in total. The highest BCUT2D eigenvalue weighted by Gasteiger charge is 2.32. The van der Waals surface area contributed by atoms with Crippen molar-refractivity contribution in [3.8, 4) is 0 Å². The Labute approximate surface area is 172 Å². The van der Waals surface area contributed by atoms with E-state index in [0.29, 0.717) is 37.9 Å². The standard InChI is InChI=1S/C22H30N4O3/c1-16(2)11-25-12-19(29-15-18-8-6-5-7-9-18)13-26(14-21(25)27)22(28)20-10-17(3)23-24(20)4/h5-10,16,19H,11-15H2,1-4H3/t19-/m1/s1. The highest BCUT2D eigenvalue weighted by molar-refractivity contribution is 5.95. The van der Waals surface area contributed by atoms with Crippen molar-refractivity contribution in [2.75, 3.05) is 26.2 Å². The van der Waals surface area contributed by atoms with Crippen LogP contribution < -0.4 is 0 Å². The Morgan fingerprint density at radius 2 is 1.97 bits per heavy atom. The SMILES string of the molecule is Cc1cc(C(=O)N2CC(=O)N(CC(C)C)C[C@@H](OCc3ccccc3)C2)n(C)n1. The van der Waals surface area contributed by atoms with E-state index in [1.54, 1.807) is 22.7 Å². The van der Waals surface area contributed by atoms with Gasteiger partial charge in [-0.25, -0.2) is 0 Å². The molecular weight excluding hydrogens is 368 g/mol. The number of carbonyl (C=O) groups is 2. The highest BCUT2D eigenvalue weighted by Crippen LogP contribution is 2.15. The number of aromatic nitrogens is 2. The summed E-state index contributed by atoms with van der Waals surface area (Å²) in [4.78, 5) is 29.4. The van der Waals surface area contributed by atoms with E-state index < -0.39 is 0 Å². The van der Waals surface area contributed by atoms with Gasteiger partial charge in [0.1, 0.15) is 12.2 Å². The summed E-state index contributed by atoms with van der Waals surface area (Å²) in [6.07, 6.45) is -0.251. The zero-order valence-electron chi connectivity index (χ0n) is 17.7. The number of amides is 2. The molecule has 2 aromatic rings. The smallest absolute Gasteiger partial charge is 0.272 e. The molecule has 0 saturated carbocycles. The van der Waals surface area contributed by atoms with E-state index in [-0.39, 0.29) is 24.5 Å². The second-order valence-electron chi connectivity index (χ2n) is 8.09. The molecule has 2 heterocycles. The third-order valence-electron chi connectivity index (χ3n) is 4.95. The minimum Gasteiger partial charge on any atom is -0.370 e. The highest BCUT2D eigenvalue weighted by atomic mass is 16.5. The first-order valence-electron chi connectivity index (χ1n) is 10.1. The Morgan fingerprint density at radius 3 is 2.59 bits per heavy atom. The van der Waals surface area contributed by atoms with Crippen LogP contribution in [0.1, 0.15) is 35.6 Å². The molecule has 0 aliphatic carbocycles. The molecule has 7 nitrogen and oxygen atoms in total. The molecule has 29 heavy (non-hydrogen) atoms. The van der Waals surface area contributed by atoms with Gasteiger partial charge in [0.25, 0.3) is 5.91 Å². The molecule has 0 radical (unpaired) electrons. The van der Waals surface area contributed by atoms with Crippen molar-refractivity contribution in [1.29, 1.82) is 0 Å². The summed E-state index contributed by atoms with van der Waals surface area (Å²) < 4.78 is 7.72. The van der Waals surface area contributed by atoms with Crippen LogP contribution in [0.15, 0.2) is 36.4 Å². The molecule has 3 rings (SSSR count). The first kappa shape index (κ1) is 21.0. The minimum absolute atomic E-state index is 0.0447. The number of nitrogens with zero attached hydrogens (tertiary/aromatic N) is 4. The van der Waals surface area contributed by atoms with Gasteiger partial charge >= 0.3 is 0 Å². The van der Waals surface area contributed by atoms with Gasteiger partial charge in [-0.2, -0.15) is 5.10 Å². The lowest BCUT2D eigenvalue weighted by atomic mass is 10.2. The zero-order chi connectivity index (χ0) is 21.0. The summed E-state index contributed by atoms with van der Waals surface area (Å²) in [7, 11) is 1.74. The maximum atomic E-state index is 13.1. The molecule has 0 spiro atoms. The Hall–Kier alpha value is -2.67. The molecule has 1 aromatic carbocycles. The van der Waals surface area contributed by atoms with Crippen LogP contribution in [0.4, 0.5) is 0 Å². The lowest BCUT2D eigenvalue weighted by Crippen LogP contribution is -2.41. The van der Waals surface area contributed by atoms with Gasteiger partial charge in [-0.05, 0) is 24.5 Å². The van der Waals surface area contributed by atoms with Crippen LogP contribution >= 0.6 is 0 Å². The molecule has 156 valence electrons. The number of aryl methyl sites for hydroxylation is 2. The average molecular weight is 399 g/mol. The Balaban J connectivity index is 1.78. The largest absolute Gasteiger partial charge is 0.370 e. The Kier molecular flexibility index (Phi) is 6.69. The van der Waals surface area contributed by atoms with Crippen molar-refractivity contribution in [3.63, 3.8) is 0 Å². The van der Waals surface area contributed by atoms with E-state index in [1.165, 1.54) is 0 Å². The quantitative estimate of drug-likeness (QED) is 0.749. The number of rotatable bonds is 6. The van der Waals surface area contributed by atoms with Gasteiger partial charge < -0.3 is 14.5 Å². The summed E-state index contributed by atoms with van der Waals surface area (Å²) in [5.74, 6) is 0.105. The second-order valence-corrected chi connectivity index (χ2v) is 8.09. The van der Waals surface area contributed by atoms with Crippen molar-refractivity contribution in [2.45, 2.75) is 33.5 Å². The van der Waals surface area contributed by atoms with Crippen molar-refractivity contribution in [1.82, 2.24) is 19.6 Å². The molecule has 7 heteroatoms. The zero-order valence-corrected chi connectivity index (χ0v) is 17.7. The van der Waals surface area contributed by atoms with Gasteiger partial charge in [-0.1, -0.05) is 44.2 Å². The number of carbonyl (C=O) groups excluding carboxylic acids is 2. The van der Waals surface area contributed by atoms with E-state index >= 15 is 0 Å². The van der Waals surface area contributed by atoms with Crippen LogP contribution in [-0.4, -0.2) is 63.7 Å². The summed E-state index contributed by atoms with van der Waals surface area (Å²) in [5.41, 5.74) is 2.32.